The van der Waals surface area contributed by atoms with E-state index >= 15 is 0 Å². The standard InChI is InChI=1S/C31H26N4O/c1-21(2)16-31(36)33-27-17-26(19-32-20-27)25-13-15-30-28(18-25)29(34-35-30)14-10-22-8-11-24(12-9-22)23-6-4-3-5-7-23/h3-9,11-13,15,17-21H,16H2,1-2H3,(H,33,36)(H,34,35). The highest BCUT2D eigenvalue weighted by atomic mass is 16.1. The minimum absolute atomic E-state index is 0.0106. The van der Waals surface area contributed by atoms with Crippen molar-refractivity contribution in [1.29, 1.82) is 0 Å². The molecule has 0 fully saturated rings. The van der Waals surface area contributed by atoms with E-state index in [9.17, 15) is 4.79 Å². The summed E-state index contributed by atoms with van der Waals surface area (Å²) in [6.45, 7) is 4.04. The minimum Gasteiger partial charge on any atom is -0.325 e. The molecule has 5 aromatic rings. The van der Waals surface area contributed by atoms with E-state index in [4.69, 9.17) is 0 Å². The number of benzene rings is 3. The topological polar surface area (TPSA) is 70.7 Å². The predicted molar refractivity (Wildman–Crippen MR) is 145 cm³/mol. The summed E-state index contributed by atoms with van der Waals surface area (Å²) >= 11 is 0. The summed E-state index contributed by atoms with van der Waals surface area (Å²) in [6, 6.07) is 26.5. The molecule has 2 N–H and O–H groups in total. The van der Waals surface area contributed by atoms with Crippen LogP contribution in [0.1, 0.15) is 31.5 Å². The van der Waals surface area contributed by atoms with Gasteiger partial charge < -0.3 is 5.32 Å². The number of hydrogen-bond acceptors (Lipinski definition) is 3. The van der Waals surface area contributed by atoms with E-state index in [0.717, 1.165) is 38.9 Å². The van der Waals surface area contributed by atoms with Crippen LogP contribution in [0.15, 0.2) is 91.3 Å². The van der Waals surface area contributed by atoms with E-state index in [-0.39, 0.29) is 5.91 Å². The van der Waals surface area contributed by atoms with Gasteiger partial charge in [0.25, 0.3) is 0 Å². The van der Waals surface area contributed by atoms with Crippen LogP contribution in [0.2, 0.25) is 0 Å². The number of nitrogens with one attached hydrogen (secondary N) is 2. The molecule has 176 valence electrons. The number of H-pyrrole nitrogens is 1. The first kappa shape index (κ1) is 23.1. The third-order valence-electron chi connectivity index (χ3n) is 5.83. The monoisotopic (exact) mass is 470 g/mol. The number of amides is 1. The van der Waals surface area contributed by atoms with Crippen molar-refractivity contribution in [3.05, 3.63) is 103 Å². The lowest BCUT2D eigenvalue weighted by Gasteiger charge is -2.08. The van der Waals surface area contributed by atoms with E-state index < -0.39 is 0 Å². The van der Waals surface area contributed by atoms with Crippen LogP contribution < -0.4 is 5.32 Å². The van der Waals surface area contributed by atoms with Gasteiger partial charge >= 0.3 is 0 Å². The van der Waals surface area contributed by atoms with Gasteiger partial charge in [-0.3, -0.25) is 14.9 Å². The number of hydrogen-bond donors (Lipinski definition) is 2. The highest BCUT2D eigenvalue weighted by Crippen LogP contribution is 2.27. The Morgan fingerprint density at radius 1 is 0.861 bits per heavy atom. The van der Waals surface area contributed by atoms with E-state index in [1.807, 2.05) is 62.4 Å². The molecule has 2 aromatic heterocycles. The van der Waals surface area contributed by atoms with Crippen molar-refractivity contribution in [3.63, 3.8) is 0 Å². The zero-order valence-electron chi connectivity index (χ0n) is 20.2. The molecule has 36 heavy (non-hydrogen) atoms. The van der Waals surface area contributed by atoms with Crippen LogP contribution in [-0.2, 0) is 4.79 Å². The second-order valence-corrected chi connectivity index (χ2v) is 9.13. The van der Waals surface area contributed by atoms with Crippen molar-refractivity contribution in [2.75, 3.05) is 5.32 Å². The van der Waals surface area contributed by atoms with Crippen molar-refractivity contribution in [1.82, 2.24) is 15.2 Å². The molecule has 0 aliphatic carbocycles. The molecular weight excluding hydrogens is 444 g/mol. The molecule has 5 rings (SSSR count). The Morgan fingerprint density at radius 3 is 2.39 bits per heavy atom. The van der Waals surface area contributed by atoms with Gasteiger partial charge in [-0.25, -0.2) is 0 Å². The van der Waals surface area contributed by atoms with Crippen molar-refractivity contribution in [3.8, 4) is 34.1 Å². The number of carbonyl (C=O) groups excluding carboxylic acids is 1. The fraction of sp³-hybridized carbons (Fsp3) is 0.129. The van der Waals surface area contributed by atoms with Gasteiger partial charge in [-0.05, 0) is 58.9 Å². The third kappa shape index (κ3) is 5.34. The molecule has 0 saturated carbocycles. The molecule has 0 aliphatic rings. The summed E-state index contributed by atoms with van der Waals surface area (Å²) in [6.07, 6.45) is 3.93. The summed E-state index contributed by atoms with van der Waals surface area (Å²) < 4.78 is 0. The van der Waals surface area contributed by atoms with Gasteiger partial charge in [-0.15, -0.1) is 0 Å². The largest absolute Gasteiger partial charge is 0.325 e. The number of aromatic amines is 1. The molecule has 2 heterocycles. The van der Waals surface area contributed by atoms with Gasteiger partial charge in [0.05, 0.1) is 17.4 Å². The Morgan fingerprint density at radius 2 is 1.61 bits per heavy atom. The molecule has 0 bridgehead atoms. The second kappa shape index (κ2) is 10.3. The predicted octanol–water partition coefficient (Wildman–Crippen LogP) is 6.68. The van der Waals surface area contributed by atoms with E-state index in [2.05, 4.69) is 62.7 Å². The van der Waals surface area contributed by atoms with Gasteiger partial charge in [0.1, 0.15) is 5.69 Å². The maximum absolute atomic E-state index is 12.2. The van der Waals surface area contributed by atoms with E-state index in [1.165, 1.54) is 5.56 Å². The van der Waals surface area contributed by atoms with Gasteiger partial charge in [-0.2, -0.15) is 5.10 Å². The van der Waals surface area contributed by atoms with Crippen LogP contribution in [0.5, 0.6) is 0 Å². The van der Waals surface area contributed by atoms with Crippen molar-refractivity contribution >= 4 is 22.5 Å². The summed E-state index contributed by atoms with van der Waals surface area (Å²) in [4.78, 5) is 16.5. The lowest BCUT2D eigenvalue weighted by molar-refractivity contribution is -0.116. The lowest BCUT2D eigenvalue weighted by atomic mass is 10.0. The van der Waals surface area contributed by atoms with Gasteiger partial charge in [-0.1, -0.05) is 68.3 Å². The van der Waals surface area contributed by atoms with Crippen LogP contribution in [0.3, 0.4) is 0 Å². The van der Waals surface area contributed by atoms with Gasteiger partial charge in [0, 0.05) is 29.1 Å². The molecule has 1 amide bonds. The van der Waals surface area contributed by atoms with Crippen LogP contribution >= 0.6 is 0 Å². The van der Waals surface area contributed by atoms with Crippen LogP contribution in [0.25, 0.3) is 33.2 Å². The fourth-order valence-corrected chi connectivity index (χ4v) is 4.05. The van der Waals surface area contributed by atoms with E-state index in [0.29, 0.717) is 18.0 Å². The molecule has 0 saturated heterocycles. The maximum atomic E-state index is 12.2. The molecule has 5 heteroatoms. The van der Waals surface area contributed by atoms with Gasteiger partial charge in [0.2, 0.25) is 5.91 Å². The first-order chi connectivity index (χ1) is 17.5. The normalized spacial score (nSPS) is 10.8. The van der Waals surface area contributed by atoms with Crippen LogP contribution in [0, 0.1) is 17.8 Å². The molecule has 0 atom stereocenters. The maximum Gasteiger partial charge on any atom is 0.224 e. The lowest BCUT2D eigenvalue weighted by Crippen LogP contribution is -2.13. The SMILES string of the molecule is CC(C)CC(=O)Nc1cncc(-c2ccc3n[nH]c(C#Cc4ccc(-c5ccccc5)cc4)c3c2)c1. The molecule has 0 unspecified atom stereocenters. The second-order valence-electron chi connectivity index (χ2n) is 9.13. The third-order valence-corrected chi connectivity index (χ3v) is 5.83. The highest BCUT2D eigenvalue weighted by molar-refractivity contribution is 5.92. The fourth-order valence-electron chi connectivity index (χ4n) is 4.05. The summed E-state index contributed by atoms with van der Waals surface area (Å²) in [7, 11) is 0. The molecule has 3 aromatic carbocycles. The highest BCUT2D eigenvalue weighted by Gasteiger charge is 2.09. The molecular formula is C31H26N4O. The Balaban J connectivity index is 1.39. The Bertz CT molecular complexity index is 1570. The Hall–Kier alpha value is -4.69. The first-order valence-corrected chi connectivity index (χ1v) is 12.0. The zero-order valence-corrected chi connectivity index (χ0v) is 20.2. The van der Waals surface area contributed by atoms with E-state index in [1.54, 1.807) is 12.4 Å². The number of rotatable bonds is 5. The number of anilines is 1. The Kier molecular flexibility index (Phi) is 6.59. The van der Waals surface area contributed by atoms with Crippen molar-refractivity contribution < 1.29 is 4.79 Å². The number of aromatic nitrogens is 3. The number of fused-ring (bicyclic) bond motifs is 1. The average molecular weight is 471 g/mol. The van der Waals surface area contributed by atoms with Crippen molar-refractivity contribution in [2.45, 2.75) is 20.3 Å². The van der Waals surface area contributed by atoms with Crippen LogP contribution in [0.4, 0.5) is 5.69 Å². The van der Waals surface area contributed by atoms with Crippen molar-refractivity contribution in [2.24, 2.45) is 5.92 Å². The minimum atomic E-state index is -0.0106. The molecule has 0 radical (unpaired) electrons. The van der Waals surface area contributed by atoms with Crippen LogP contribution in [-0.4, -0.2) is 21.1 Å². The Labute approximate surface area is 210 Å². The number of nitrogens with zero attached hydrogens (tertiary/aromatic N) is 2. The summed E-state index contributed by atoms with van der Waals surface area (Å²) in [5, 5.41) is 11.3. The quantitative estimate of drug-likeness (QED) is 0.282. The molecule has 5 nitrogen and oxygen atoms in total. The molecule has 0 spiro atoms. The number of pyridine rings is 1. The molecule has 0 aliphatic heterocycles. The number of carbonyl (C=O) groups is 1. The smallest absolute Gasteiger partial charge is 0.224 e. The van der Waals surface area contributed by atoms with Gasteiger partial charge in [0.15, 0.2) is 0 Å². The first-order valence-electron chi connectivity index (χ1n) is 12.0. The summed E-state index contributed by atoms with van der Waals surface area (Å²) in [5.74, 6) is 6.77. The summed E-state index contributed by atoms with van der Waals surface area (Å²) in [5.41, 5.74) is 7.45. The zero-order chi connectivity index (χ0) is 24.9. The average Bonchev–Trinajstić information content (AvgIpc) is 3.30.